The van der Waals surface area contributed by atoms with E-state index < -0.39 is 36.3 Å². The molecule has 0 bridgehead atoms. The quantitative estimate of drug-likeness (QED) is 0.193. The van der Waals surface area contributed by atoms with Crippen LogP contribution in [0.4, 0.5) is 26.3 Å². The van der Waals surface area contributed by atoms with Crippen molar-refractivity contribution in [2.24, 2.45) is 52.5 Å². The first-order valence-corrected chi connectivity index (χ1v) is 21.4. The highest BCUT2D eigenvalue weighted by atomic mass is 19.4. The van der Waals surface area contributed by atoms with E-state index in [0.29, 0.717) is 18.1 Å². The summed E-state index contributed by atoms with van der Waals surface area (Å²) < 4.78 is 75.8. The molecule has 5 fully saturated rings. The van der Waals surface area contributed by atoms with E-state index >= 15 is 0 Å². The lowest BCUT2D eigenvalue weighted by Gasteiger charge is -2.46. The van der Waals surface area contributed by atoms with Crippen LogP contribution < -0.4 is 22.9 Å². The summed E-state index contributed by atoms with van der Waals surface area (Å²) in [5.74, 6) is -0.858. The minimum Gasteiger partial charge on any atom is -0.391 e. The van der Waals surface area contributed by atoms with Gasteiger partial charge in [0.1, 0.15) is 0 Å². The number of nitrogens with zero attached hydrogens (tertiary/aromatic N) is 4. The molecule has 5 rings (SSSR count). The molecular formula is C42H84F6N8O2. The van der Waals surface area contributed by atoms with Crippen molar-refractivity contribution in [1.82, 2.24) is 19.6 Å². The molecule has 5 aliphatic rings. The van der Waals surface area contributed by atoms with Gasteiger partial charge in [-0.05, 0) is 127 Å². The van der Waals surface area contributed by atoms with Crippen molar-refractivity contribution < 1.29 is 36.6 Å². The first-order valence-electron chi connectivity index (χ1n) is 21.4. The van der Waals surface area contributed by atoms with Crippen LogP contribution in [-0.2, 0) is 0 Å². The number of hydrogen-bond donors (Lipinski definition) is 6. The van der Waals surface area contributed by atoms with Gasteiger partial charge in [0, 0.05) is 98.7 Å². The minimum absolute atomic E-state index is 0.0517. The highest BCUT2D eigenvalue weighted by Gasteiger charge is 2.51. The molecule has 16 heteroatoms. The molecule has 4 aliphatic heterocycles. The number of hydrogen-bond acceptors (Lipinski definition) is 10. The fourth-order valence-corrected chi connectivity index (χ4v) is 8.35. The second kappa shape index (κ2) is 20.1. The lowest BCUT2D eigenvalue weighted by atomic mass is 9.88. The molecule has 346 valence electrons. The summed E-state index contributed by atoms with van der Waals surface area (Å²) in [4.78, 5) is 8.40. The van der Waals surface area contributed by atoms with Gasteiger partial charge in [0.15, 0.2) is 0 Å². The predicted octanol–water partition coefficient (Wildman–Crippen LogP) is 5.23. The Morgan fingerprint density at radius 2 is 0.828 bits per heavy atom. The molecule has 4 saturated heterocycles. The van der Waals surface area contributed by atoms with Gasteiger partial charge in [-0.3, -0.25) is 19.6 Å². The molecule has 4 heterocycles. The number of halogens is 6. The standard InChI is InChI=1S/C12H24N2.C10H19F3N2O.C10H19F3N2.C10H22N2O/c1-12(2,3)14-7-10(9-4-5-9)6-11(13)8-14;1-9(2,3)15-4-6(10(11,12)13)8(16)7(14)5-15;1-9(2,3)15-5-7(10(11,12)13)4-8(14)6-15;1-7-5-12(10(2,3)4)6-8(11)9(7)13/h9-11H,4-8,13H2,1-3H3;6-8,16H,4-5,14H2,1-3H3;7-8H,4-6,14H2,1-3H3;7-9,13H,5-6,11H2,1-4H3/t10-,11+;6-,7+,8+;7-,8+;7-,8+,9+/m1010/s1. The maximum absolute atomic E-state index is 12.7. The van der Waals surface area contributed by atoms with Crippen LogP contribution in [0.1, 0.15) is 116 Å². The largest absolute Gasteiger partial charge is 0.395 e. The third-order valence-electron chi connectivity index (χ3n) is 12.6. The van der Waals surface area contributed by atoms with E-state index in [1.807, 2.05) is 46.4 Å². The Hall–Kier alpha value is -0.820. The molecule has 0 aromatic rings. The summed E-state index contributed by atoms with van der Waals surface area (Å²) in [6.45, 7) is 31.6. The second-order valence-corrected chi connectivity index (χ2v) is 22.1. The van der Waals surface area contributed by atoms with Crippen LogP contribution in [0.15, 0.2) is 0 Å². The van der Waals surface area contributed by atoms with Crippen molar-refractivity contribution in [2.45, 2.75) is 187 Å². The number of likely N-dealkylation sites (tertiary alicyclic amines) is 4. The SMILES string of the molecule is CC(C)(C)N1C[C@@H](N)C[C@@H](C(F)(F)F)C1.CC(C)(C)N1C[C@@H](N)C[C@@H](C2CC2)C1.CC(C)(C)N1C[C@@H](N)[C@H](O)[C@@H](C(F)(F)F)C1.C[C@H]1CN(C(C)(C)C)C[C@@H](N)[C@@H]1O. The maximum atomic E-state index is 12.7. The first kappa shape index (κ1) is 53.3. The molecule has 0 unspecified atom stereocenters. The van der Waals surface area contributed by atoms with E-state index in [1.165, 1.54) is 25.8 Å². The zero-order valence-corrected chi connectivity index (χ0v) is 38.1. The molecule has 0 amide bonds. The lowest BCUT2D eigenvalue weighted by Crippen LogP contribution is -2.63. The zero-order valence-electron chi connectivity index (χ0n) is 38.1. The van der Waals surface area contributed by atoms with Gasteiger partial charge in [-0.1, -0.05) is 6.92 Å². The van der Waals surface area contributed by atoms with Crippen LogP contribution in [0.5, 0.6) is 0 Å². The molecule has 0 spiro atoms. The van der Waals surface area contributed by atoms with Gasteiger partial charge in [0.2, 0.25) is 0 Å². The van der Waals surface area contributed by atoms with E-state index in [-0.39, 0.29) is 66.8 Å². The van der Waals surface area contributed by atoms with Crippen molar-refractivity contribution in [3.63, 3.8) is 0 Å². The van der Waals surface area contributed by atoms with Crippen LogP contribution in [0.3, 0.4) is 0 Å². The Morgan fingerprint density at radius 1 is 0.448 bits per heavy atom. The van der Waals surface area contributed by atoms with Crippen molar-refractivity contribution in [1.29, 1.82) is 0 Å². The van der Waals surface area contributed by atoms with Crippen molar-refractivity contribution in [3.8, 4) is 0 Å². The van der Waals surface area contributed by atoms with E-state index in [2.05, 4.69) is 58.3 Å². The topological polar surface area (TPSA) is 158 Å². The van der Waals surface area contributed by atoms with Gasteiger partial charge < -0.3 is 33.1 Å². The fourth-order valence-electron chi connectivity index (χ4n) is 8.35. The van der Waals surface area contributed by atoms with Crippen molar-refractivity contribution in [3.05, 3.63) is 0 Å². The van der Waals surface area contributed by atoms with Gasteiger partial charge in [0.05, 0.1) is 24.0 Å². The Kier molecular flexibility index (Phi) is 18.5. The first-order chi connectivity index (χ1) is 25.9. The third kappa shape index (κ3) is 16.8. The third-order valence-corrected chi connectivity index (χ3v) is 12.6. The highest BCUT2D eigenvalue weighted by molar-refractivity contribution is 4.97. The molecule has 10 atom stereocenters. The number of alkyl halides is 6. The van der Waals surface area contributed by atoms with Crippen molar-refractivity contribution in [2.75, 3.05) is 52.4 Å². The van der Waals surface area contributed by atoms with Gasteiger partial charge in [-0.25, -0.2) is 0 Å². The van der Waals surface area contributed by atoms with Crippen LogP contribution in [-0.4, -0.2) is 153 Å². The smallest absolute Gasteiger partial charge is 0.391 e. The normalized spacial score (nSPS) is 34.5. The molecule has 0 aromatic heterocycles. The number of aliphatic hydroxyl groups excluding tert-OH is 2. The summed E-state index contributed by atoms with van der Waals surface area (Å²) in [5.41, 5.74) is 23.1. The molecule has 10 N–H and O–H groups in total. The number of piperidine rings is 4. The monoisotopic (exact) mass is 847 g/mol. The average molecular weight is 847 g/mol. The Bertz CT molecular complexity index is 1190. The molecule has 0 aromatic carbocycles. The lowest BCUT2D eigenvalue weighted by molar-refractivity contribution is -0.220. The van der Waals surface area contributed by atoms with Gasteiger partial charge in [-0.15, -0.1) is 0 Å². The number of rotatable bonds is 1. The summed E-state index contributed by atoms with van der Waals surface area (Å²) in [6.07, 6.45) is -6.14. The van der Waals surface area contributed by atoms with E-state index in [9.17, 15) is 36.6 Å². The second-order valence-electron chi connectivity index (χ2n) is 22.1. The van der Waals surface area contributed by atoms with Crippen LogP contribution >= 0.6 is 0 Å². The summed E-state index contributed by atoms with van der Waals surface area (Å²) in [7, 11) is 0. The number of nitrogens with two attached hydrogens (primary N) is 4. The molecular weight excluding hydrogens is 763 g/mol. The van der Waals surface area contributed by atoms with Crippen molar-refractivity contribution >= 4 is 0 Å². The molecule has 1 saturated carbocycles. The zero-order chi connectivity index (χ0) is 45.1. The minimum atomic E-state index is -4.40. The Labute approximate surface area is 347 Å². The van der Waals surface area contributed by atoms with Crippen LogP contribution in [0.2, 0.25) is 0 Å². The Morgan fingerprint density at radius 3 is 1.21 bits per heavy atom. The van der Waals surface area contributed by atoms with E-state index in [0.717, 1.165) is 31.5 Å². The summed E-state index contributed by atoms with van der Waals surface area (Å²) in [5, 5.41) is 19.2. The van der Waals surface area contributed by atoms with Crippen LogP contribution in [0.25, 0.3) is 0 Å². The van der Waals surface area contributed by atoms with Gasteiger partial charge in [0.25, 0.3) is 0 Å². The highest BCUT2D eigenvalue weighted by Crippen LogP contribution is 2.42. The average Bonchev–Trinajstić information content (AvgIpc) is 3.88. The summed E-state index contributed by atoms with van der Waals surface area (Å²) >= 11 is 0. The summed E-state index contributed by atoms with van der Waals surface area (Å²) in [6, 6.07) is -0.902. The van der Waals surface area contributed by atoms with Gasteiger partial charge in [-0.2, -0.15) is 26.3 Å². The van der Waals surface area contributed by atoms with E-state index in [1.54, 1.807) is 4.90 Å². The van der Waals surface area contributed by atoms with E-state index in [4.69, 9.17) is 22.9 Å². The van der Waals surface area contributed by atoms with Crippen LogP contribution in [0, 0.1) is 29.6 Å². The Balaban J connectivity index is 0.000000267. The fraction of sp³-hybridized carbons (Fsp3) is 1.00. The molecule has 1 aliphatic carbocycles. The molecule has 10 nitrogen and oxygen atoms in total. The number of aliphatic hydroxyl groups is 2. The molecule has 0 radical (unpaired) electrons. The predicted molar refractivity (Wildman–Crippen MR) is 223 cm³/mol. The van der Waals surface area contributed by atoms with Gasteiger partial charge >= 0.3 is 12.4 Å². The molecule has 58 heavy (non-hydrogen) atoms. The maximum Gasteiger partial charge on any atom is 0.395 e.